The minimum Gasteiger partial charge on any atom is -0.351 e. The molecule has 2 bridgehead atoms. The number of piperidine rings is 2. The Kier molecular flexibility index (Phi) is 5.98. The van der Waals surface area contributed by atoms with E-state index in [1.165, 1.54) is 44.9 Å². The number of carbonyl (C=O) groups excluding carboxylic acids is 1. The maximum atomic E-state index is 13.6. The minimum absolute atomic E-state index is 0.0121. The molecule has 182 valence electrons. The Labute approximate surface area is 200 Å². The molecule has 1 aromatic heterocycles. The maximum absolute atomic E-state index is 13.6. The van der Waals surface area contributed by atoms with Crippen molar-refractivity contribution in [3.63, 3.8) is 0 Å². The van der Waals surface area contributed by atoms with Gasteiger partial charge < -0.3 is 10.2 Å². The fourth-order valence-electron chi connectivity index (χ4n) is 7.08. The van der Waals surface area contributed by atoms with Gasteiger partial charge in [-0.1, -0.05) is 53.9 Å². The summed E-state index contributed by atoms with van der Waals surface area (Å²) in [5.74, 6) is 3.54. The summed E-state index contributed by atoms with van der Waals surface area (Å²) in [7, 11) is 0. The Morgan fingerprint density at radius 2 is 1.85 bits per heavy atom. The Bertz CT molecular complexity index is 884. The average Bonchev–Trinajstić information content (AvgIpc) is 2.77. The molecule has 0 radical (unpaired) electrons. The van der Waals surface area contributed by atoms with Crippen molar-refractivity contribution < 1.29 is 4.79 Å². The summed E-state index contributed by atoms with van der Waals surface area (Å²) < 4.78 is 0. The average molecular weight is 453 g/mol. The summed E-state index contributed by atoms with van der Waals surface area (Å²) in [6, 6.07) is 2.82. The maximum Gasteiger partial charge on any atom is 0.223 e. The number of nitrogens with zero attached hydrogens (tertiary/aromatic N) is 3. The first kappa shape index (κ1) is 23.1. The first-order valence-corrected chi connectivity index (χ1v) is 13.6. The van der Waals surface area contributed by atoms with Gasteiger partial charge in [0, 0.05) is 35.9 Å². The summed E-state index contributed by atoms with van der Waals surface area (Å²) in [6.45, 7) is 12.1. The highest BCUT2D eigenvalue weighted by Gasteiger charge is 2.50. The quantitative estimate of drug-likeness (QED) is 0.634. The van der Waals surface area contributed by atoms with Crippen LogP contribution in [0, 0.1) is 17.3 Å². The molecule has 33 heavy (non-hydrogen) atoms. The van der Waals surface area contributed by atoms with Crippen molar-refractivity contribution in [2.24, 2.45) is 17.3 Å². The van der Waals surface area contributed by atoms with Gasteiger partial charge in [0.2, 0.25) is 5.91 Å². The van der Waals surface area contributed by atoms with Crippen LogP contribution in [-0.2, 0) is 10.2 Å². The summed E-state index contributed by atoms with van der Waals surface area (Å²) in [6.07, 6.45) is 12.3. The van der Waals surface area contributed by atoms with Gasteiger partial charge in [-0.05, 0) is 56.3 Å². The largest absolute Gasteiger partial charge is 0.351 e. The zero-order chi connectivity index (χ0) is 23.4. The topological polar surface area (TPSA) is 58.1 Å². The molecule has 2 aliphatic heterocycles. The van der Waals surface area contributed by atoms with Gasteiger partial charge in [-0.3, -0.25) is 4.79 Å². The van der Waals surface area contributed by atoms with Gasteiger partial charge in [0.25, 0.3) is 0 Å². The van der Waals surface area contributed by atoms with Crippen molar-refractivity contribution in [2.75, 3.05) is 11.4 Å². The number of rotatable bonds is 4. The third-order valence-electron chi connectivity index (χ3n) is 9.24. The van der Waals surface area contributed by atoms with E-state index in [2.05, 4.69) is 50.9 Å². The zero-order valence-corrected chi connectivity index (χ0v) is 21.5. The minimum atomic E-state index is -0.0121. The fourth-order valence-corrected chi connectivity index (χ4v) is 7.08. The van der Waals surface area contributed by atoms with Crippen LogP contribution in [0.5, 0.6) is 0 Å². The molecular weight excluding hydrogens is 408 g/mol. The number of hydrogen-bond acceptors (Lipinski definition) is 4. The SMILES string of the molecule is CC(C)c1nc(N2CC3CCC2C(NC(=O)C2CCCCC24CCC4)C3)cc(C(C)(C)C)n1. The number of hydrogen-bond donors (Lipinski definition) is 1. The van der Waals surface area contributed by atoms with Crippen LogP contribution in [0.25, 0.3) is 0 Å². The van der Waals surface area contributed by atoms with Crippen LogP contribution in [-0.4, -0.2) is 34.5 Å². The molecule has 5 aliphatic rings. The van der Waals surface area contributed by atoms with Crippen molar-refractivity contribution in [3.05, 3.63) is 17.6 Å². The molecular formula is C28H44N4O. The Morgan fingerprint density at radius 1 is 1.09 bits per heavy atom. The van der Waals surface area contributed by atoms with E-state index in [1.807, 2.05) is 0 Å². The van der Waals surface area contributed by atoms with Crippen molar-refractivity contribution in [1.29, 1.82) is 0 Å². The zero-order valence-electron chi connectivity index (χ0n) is 21.5. The van der Waals surface area contributed by atoms with E-state index >= 15 is 0 Å². The molecule has 3 heterocycles. The van der Waals surface area contributed by atoms with E-state index in [0.29, 0.717) is 29.2 Å². The Hall–Kier alpha value is -1.65. The lowest BCUT2D eigenvalue weighted by Crippen LogP contribution is -2.63. The van der Waals surface area contributed by atoms with E-state index in [0.717, 1.165) is 43.1 Å². The van der Waals surface area contributed by atoms with Crippen molar-refractivity contribution in [2.45, 2.75) is 122 Å². The van der Waals surface area contributed by atoms with E-state index in [9.17, 15) is 4.79 Å². The summed E-state index contributed by atoms with van der Waals surface area (Å²) >= 11 is 0. The van der Waals surface area contributed by atoms with Gasteiger partial charge in [-0.25, -0.2) is 9.97 Å². The number of amides is 1. The monoisotopic (exact) mass is 452 g/mol. The number of nitrogens with one attached hydrogen (secondary N) is 1. The lowest BCUT2D eigenvalue weighted by molar-refractivity contribution is -0.136. The van der Waals surface area contributed by atoms with Gasteiger partial charge in [0.05, 0.1) is 11.7 Å². The number of anilines is 1. The highest BCUT2D eigenvalue weighted by atomic mass is 16.2. The lowest BCUT2D eigenvalue weighted by atomic mass is 9.55. The second-order valence-corrected chi connectivity index (χ2v) is 12.9. The highest BCUT2D eigenvalue weighted by molar-refractivity contribution is 5.80. The molecule has 1 amide bonds. The van der Waals surface area contributed by atoms with Gasteiger partial charge in [0.1, 0.15) is 11.6 Å². The molecule has 4 unspecified atom stereocenters. The standard InChI is InChI=1S/C28H44N4O/c1-18(2)25-30-23(27(3,4)5)16-24(31-25)32-17-19-10-11-22(32)21(15-19)29-26(33)20-9-6-7-12-28(20)13-8-14-28/h16,18-22H,6-15,17H2,1-5H3,(H,29,33). The molecule has 5 fully saturated rings. The molecule has 5 nitrogen and oxygen atoms in total. The van der Waals surface area contributed by atoms with E-state index < -0.39 is 0 Å². The first-order valence-electron chi connectivity index (χ1n) is 13.6. The van der Waals surface area contributed by atoms with Crippen LogP contribution in [0.1, 0.15) is 116 Å². The van der Waals surface area contributed by atoms with Crippen molar-refractivity contribution in [1.82, 2.24) is 15.3 Å². The van der Waals surface area contributed by atoms with Crippen LogP contribution in [0.15, 0.2) is 6.07 Å². The van der Waals surface area contributed by atoms with E-state index in [4.69, 9.17) is 9.97 Å². The first-order chi connectivity index (χ1) is 15.7. The Morgan fingerprint density at radius 3 is 2.48 bits per heavy atom. The van der Waals surface area contributed by atoms with E-state index in [1.54, 1.807) is 0 Å². The van der Waals surface area contributed by atoms with Gasteiger partial charge in [-0.15, -0.1) is 0 Å². The molecule has 3 aliphatic carbocycles. The molecule has 1 N–H and O–H groups in total. The third-order valence-corrected chi connectivity index (χ3v) is 9.24. The molecule has 2 saturated heterocycles. The number of aromatic nitrogens is 2. The summed E-state index contributed by atoms with van der Waals surface area (Å²) in [5.41, 5.74) is 1.44. The predicted octanol–water partition coefficient (Wildman–Crippen LogP) is 5.73. The summed E-state index contributed by atoms with van der Waals surface area (Å²) in [4.78, 5) is 26.0. The van der Waals surface area contributed by atoms with Crippen LogP contribution in [0.3, 0.4) is 0 Å². The van der Waals surface area contributed by atoms with Crippen LogP contribution in [0.2, 0.25) is 0 Å². The van der Waals surface area contributed by atoms with Crippen molar-refractivity contribution >= 4 is 11.7 Å². The van der Waals surface area contributed by atoms with Crippen molar-refractivity contribution in [3.8, 4) is 0 Å². The second kappa shape index (κ2) is 8.53. The molecule has 5 heteroatoms. The second-order valence-electron chi connectivity index (χ2n) is 12.9. The van der Waals surface area contributed by atoms with Crippen LogP contribution >= 0.6 is 0 Å². The third kappa shape index (κ3) is 4.30. The van der Waals surface area contributed by atoms with E-state index in [-0.39, 0.29) is 17.4 Å². The predicted molar refractivity (Wildman–Crippen MR) is 133 cm³/mol. The molecule has 4 atom stereocenters. The Balaban J connectivity index is 1.38. The molecule has 1 spiro atoms. The molecule has 0 aromatic carbocycles. The number of fused-ring (bicyclic) bond motifs is 3. The smallest absolute Gasteiger partial charge is 0.223 e. The van der Waals surface area contributed by atoms with Crippen LogP contribution < -0.4 is 10.2 Å². The molecule has 1 aromatic rings. The molecule has 3 saturated carbocycles. The number of carbonyl (C=O) groups is 1. The lowest BCUT2D eigenvalue weighted by Gasteiger charge is -2.53. The molecule has 6 rings (SSSR count). The van der Waals surface area contributed by atoms with Gasteiger partial charge in [0.15, 0.2) is 0 Å². The van der Waals surface area contributed by atoms with Crippen LogP contribution in [0.4, 0.5) is 5.82 Å². The fraction of sp³-hybridized carbons (Fsp3) is 0.821. The summed E-state index contributed by atoms with van der Waals surface area (Å²) in [5, 5.41) is 3.60. The normalized spacial score (nSPS) is 31.0. The van der Waals surface area contributed by atoms with Gasteiger partial charge >= 0.3 is 0 Å². The van der Waals surface area contributed by atoms with Gasteiger partial charge in [-0.2, -0.15) is 0 Å². The highest BCUT2D eigenvalue weighted by Crippen LogP contribution is 2.55.